The molecule has 0 radical (unpaired) electrons. The zero-order chi connectivity index (χ0) is 19.8. The fourth-order valence-corrected chi connectivity index (χ4v) is 4.15. The Hall–Kier alpha value is -1.51. The standard InChI is InChI=1S/C21H30N4O3.ClH/c1-4-27-17-13-21(22,20(17,2)3)19-23-18(24-28-19)16-7-5-6-15(12-16)14-25-8-10-26-11-9-25;/h5-7,12,17H,4,8-11,13-14,22H2,1-3H3;1H. The molecular formula is C21H31ClN4O3. The first-order chi connectivity index (χ1) is 13.4. The second-order valence-electron chi connectivity index (χ2n) is 8.35. The van der Waals surface area contributed by atoms with Gasteiger partial charge in [-0.25, -0.2) is 0 Å². The van der Waals surface area contributed by atoms with Crippen LogP contribution in [0.4, 0.5) is 0 Å². The number of rotatable bonds is 6. The molecule has 0 amide bonds. The molecule has 1 aliphatic heterocycles. The maximum Gasteiger partial charge on any atom is 0.247 e. The topological polar surface area (TPSA) is 86.6 Å². The number of halogens is 1. The van der Waals surface area contributed by atoms with Gasteiger partial charge in [-0.15, -0.1) is 12.4 Å². The van der Waals surface area contributed by atoms with Gasteiger partial charge in [0.05, 0.1) is 19.3 Å². The largest absolute Gasteiger partial charge is 0.379 e. The van der Waals surface area contributed by atoms with E-state index >= 15 is 0 Å². The second-order valence-corrected chi connectivity index (χ2v) is 8.35. The molecule has 1 saturated heterocycles. The van der Waals surface area contributed by atoms with Crippen molar-refractivity contribution in [3.05, 3.63) is 35.7 Å². The summed E-state index contributed by atoms with van der Waals surface area (Å²) in [4.78, 5) is 7.05. The Bertz CT molecular complexity index is 822. The summed E-state index contributed by atoms with van der Waals surface area (Å²) in [5.41, 5.74) is 7.93. The predicted molar refractivity (Wildman–Crippen MR) is 113 cm³/mol. The summed E-state index contributed by atoms with van der Waals surface area (Å²) >= 11 is 0. The highest BCUT2D eigenvalue weighted by Crippen LogP contribution is 2.55. The van der Waals surface area contributed by atoms with E-state index in [0.29, 0.717) is 24.7 Å². The molecule has 29 heavy (non-hydrogen) atoms. The highest BCUT2D eigenvalue weighted by atomic mass is 35.5. The molecular weight excluding hydrogens is 392 g/mol. The third-order valence-corrected chi connectivity index (χ3v) is 6.33. The lowest BCUT2D eigenvalue weighted by Gasteiger charge is -2.56. The van der Waals surface area contributed by atoms with Gasteiger partial charge in [-0.3, -0.25) is 4.90 Å². The maximum absolute atomic E-state index is 6.67. The van der Waals surface area contributed by atoms with E-state index in [1.165, 1.54) is 5.56 Å². The van der Waals surface area contributed by atoms with Crippen LogP contribution < -0.4 is 5.73 Å². The molecule has 2 aliphatic rings. The van der Waals surface area contributed by atoms with Gasteiger partial charge in [0.15, 0.2) is 0 Å². The van der Waals surface area contributed by atoms with Crippen LogP contribution in [0.2, 0.25) is 0 Å². The van der Waals surface area contributed by atoms with Crippen LogP contribution in [0.15, 0.2) is 28.8 Å². The van der Waals surface area contributed by atoms with Crippen LogP contribution in [0, 0.1) is 5.41 Å². The van der Waals surface area contributed by atoms with Crippen LogP contribution in [0.25, 0.3) is 11.4 Å². The quantitative estimate of drug-likeness (QED) is 0.765. The second kappa shape index (κ2) is 8.70. The minimum absolute atomic E-state index is 0. The third-order valence-electron chi connectivity index (χ3n) is 6.33. The van der Waals surface area contributed by atoms with Crippen LogP contribution in [-0.2, 0) is 21.6 Å². The van der Waals surface area contributed by atoms with Crippen molar-refractivity contribution in [1.29, 1.82) is 0 Å². The smallest absolute Gasteiger partial charge is 0.247 e. The molecule has 160 valence electrons. The lowest BCUT2D eigenvalue weighted by molar-refractivity contribution is -0.162. The molecule has 1 aromatic heterocycles. The van der Waals surface area contributed by atoms with E-state index in [4.69, 9.17) is 19.7 Å². The van der Waals surface area contributed by atoms with Gasteiger partial charge in [0.25, 0.3) is 0 Å². The van der Waals surface area contributed by atoms with Crippen molar-refractivity contribution in [1.82, 2.24) is 15.0 Å². The molecule has 1 aliphatic carbocycles. The van der Waals surface area contributed by atoms with Crippen LogP contribution >= 0.6 is 12.4 Å². The van der Waals surface area contributed by atoms with Gasteiger partial charge in [0.1, 0.15) is 5.54 Å². The Morgan fingerprint density at radius 2 is 2.03 bits per heavy atom. The average molecular weight is 423 g/mol. The van der Waals surface area contributed by atoms with Gasteiger partial charge in [-0.2, -0.15) is 4.98 Å². The lowest BCUT2D eigenvalue weighted by atomic mass is 9.54. The van der Waals surface area contributed by atoms with Crippen molar-refractivity contribution in [3.63, 3.8) is 0 Å². The molecule has 2 unspecified atom stereocenters. The Morgan fingerprint density at radius 3 is 2.72 bits per heavy atom. The number of hydrogen-bond acceptors (Lipinski definition) is 7. The zero-order valence-electron chi connectivity index (χ0n) is 17.4. The van der Waals surface area contributed by atoms with Gasteiger partial charge >= 0.3 is 0 Å². The van der Waals surface area contributed by atoms with Crippen molar-refractivity contribution in [2.45, 2.75) is 45.4 Å². The van der Waals surface area contributed by atoms with Crippen molar-refractivity contribution >= 4 is 12.4 Å². The molecule has 1 aromatic carbocycles. The van der Waals surface area contributed by atoms with Crippen LogP contribution in [0.3, 0.4) is 0 Å². The minimum Gasteiger partial charge on any atom is -0.379 e. The van der Waals surface area contributed by atoms with E-state index in [1.54, 1.807) is 0 Å². The molecule has 2 N–H and O–H groups in total. The molecule has 2 fully saturated rings. The number of nitrogens with zero attached hydrogens (tertiary/aromatic N) is 3. The highest BCUT2D eigenvalue weighted by Gasteiger charge is 2.62. The molecule has 1 saturated carbocycles. The zero-order valence-corrected chi connectivity index (χ0v) is 18.2. The van der Waals surface area contributed by atoms with Crippen LogP contribution in [0.5, 0.6) is 0 Å². The number of aromatic nitrogens is 2. The first-order valence-corrected chi connectivity index (χ1v) is 10.1. The lowest BCUT2D eigenvalue weighted by Crippen LogP contribution is -2.67. The Morgan fingerprint density at radius 1 is 1.28 bits per heavy atom. The molecule has 0 spiro atoms. The van der Waals surface area contributed by atoms with Gasteiger partial charge in [0.2, 0.25) is 11.7 Å². The Labute approximate surface area is 178 Å². The Kier molecular flexibility index (Phi) is 6.65. The summed E-state index contributed by atoms with van der Waals surface area (Å²) in [7, 11) is 0. The summed E-state index contributed by atoms with van der Waals surface area (Å²) in [5.74, 6) is 1.07. The number of hydrogen-bond donors (Lipinski definition) is 1. The number of nitrogens with two attached hydrogens (primary N) is 1. The van der Waals surface area contributed by atoms with E-state index < -0.39 is 5.54 Å². The monoisotopic (exact) mass is 422 g/mol. The molecule has 2 heterocycles. The van der Waals surface area contributed by atoms with Crippen molar-refractivity contribution in [3.8, 4) is 11.4 Å². The van der Waals surface area contributed by atoms with Crippen molar-refractivity contribution in [2.75, 3.05) is 32.9 Å². The maximum atomic E-state index is 6.67. The third kappa shape index (κ3) is 4.07. The summed E-state index contributed by atoms with van der Waals surface area (Å²) < 4.78 is 16.8. The van der Waals surface area contributed by atoms with E-state index in [9.17, 15) is 0 Å². The first kappa shape index (κ1) is 22.2. The number of morpholine rings is 1. The minimum atomic E-state index is -0.663. The van der Waals surface area contributed by atoms with E-state index in [1.807, 2.05) is 19.1 Å². The van der Waals surface area contributed by atoms with Crippen LogP contribution in [-0.4, -0.2) is 54.1 Å². The van der Waals surface area contributed by atoms with E-state index in [2.05, 4.69) is 41.0 Å². The molecule has 8 heteroatoms. The van der Waals surface area contributed by atoms with Gasteiger partial charge in [0, 0.05) is 43.6 Å². The fourth-order valence-electron chi connectivity index (χ4n) is 4.15. The van der Waals surface area contributed by atoms with E-state index in [0.717, 1.165) is 38.4 Å². The average Bonchev–Trinajstić information content (AvgIpc) is 3.19. The van der Waals surface area contributed by atoms with Crippen molar-refractivity contribution < 1.29 is 14.0 Å². The summed E-state index contributed by atoms with van der Waals surface area (Å²) in [6, 6.07) is 8.31. The first-order valence-electron chi connectivity index (χ1n) is 10.1. The van der Waals surface area contributed by atoms with Gasteiger partial charge < -0.3 is 19.7 Å². The fraction of sp³-hybridized carbons (Fsp3) is 0.619. The normalized spacial score (nSPS) is 26.6. The molecule has 0 bridgehead atoms. The summed E-state index contributed by atoms with van der Waals surface area (Å²) in [5, 5.41) is 4.22. The van der Waals surface area contributed by atoms with Crippen molar-refractivity contribution in [2.24, 2.45) is 11.1 Å². The number of ether oxygens (including phenoxy) is 2. The number of benzene rings is 1. The SMILES string of the molecule is CCOC1CC(N)(c2nc(-c3cccc(CN4CCOCC4)c3)no2)C1(C)C.Cl. The van der Waals surface area contributed by atoms with Crippen LogP contribution in [0.1, 0.15) is 38.6 Å². The van der Waals surface area contributed by atoms with E-state index in [-0.39, 0.29) is 23.9 Å². The predicted octanol–water partition coefficient (Wildman–Crippen LogP) is 2.98. The summed E-state index contributed by atoms with van der Waals surface area (Å²) in [6.07, 6.45) is 0.793. The summed E-state index contributed by atoms with van der Waals surface area (Å²) in [6.45, 7) is 11.3. The van der Waals surface area contributed by atoms with Gasteiger partial charge in [-0.1, -0.05) is 37.2 Å². The highest BCUT2D eigenvalue weighted by molar-refractivity contribution is 5.85. The molecule has 7 nitrogen and oxygen atoms in total. The molecule has 4 rings (SSSR count). The Balaban J connectivity index is 0.00000240. The van der Waals surface area contributed by atoms with Gasteiger partial charge in [-0.05, 0) is 18.6 Å². The molecule has 2 atom stereocenters. The molecule has 2 aromatic rings.